The van der Waals surface area contributed by atoms with Crippen molar-refractivity contribution < 1.29 is 0 Å². The molecule has 0 aliphatic rings. The molecule has 0 amide bonds. The molecular weight excluding hydrogens is 199 g/mol. The highest BCUT2D eigenvalue weighted by Crippen LogP contribution is 2.19. The van der Waals surface area contributed by atoms with Crippen LogP contribution in [0.4, 0.5) is 0 Å². The van der Waals surface area contributed by atoms with Crippen LogP contribution in [0.15, 0.2) is 6.33 Å². The third-order valence-electron chi connectivity index (χ3n) is 1.21. The van der Waals surface area contributed by atoms with E-state index in [2.05, 4.69) is 9.97 Å². The molecule has 0 atom stereocenters. The van der Waals surface area contributed by atoms with Gasteiger partial charge in [0.05, 0.1) is 5.84 Å². The minimum absolute atomic E-state index is 0.0198. The van der Waals surface area contributed by atoms with Crippen LogP contribution in [0, 0.1) is 5.41 Å². The predicted octanol–water partition coefficient (Wildman–Crippen LogP) is 1.26. The summed E-state index contributed by atoms with van der Waals surface area (Å²) in [6.45, 7) is 0. The largest absolute Gasteiger partial charge is 0.387 e. The monoisotopic (exact) mass is 204 g/mol. The lowest BCUT2D eigenvalue weighted by Gasteiger charge is -2.02. The summed E-state index contributed by atoms with van der Waals surface area (Å²) in [5, 5.41) is 7.51. The lowest BCUT2D eigenvalue weighted by Crippen LogP contribution is -2.13. The van der Waals surface area contributed by atoms with Gasteiger partial charge in [-0.2, -0.15) is 0 Å². The van der Waals surface area contributed by atoms with Crippen LogP contribution >= 0.6 is 23.2 Å². The number of hydrogen-bond acceptors (Lipinski definition) is 3. The summed E-state index contributed by atoms with van der Waals surface area (Å²) in [6, 6.07) is 0. The van der Waals surface area contributed by atoms with Gasteiger partial charge in [-0.25, -0.2) is 9.97 Å². The van der Waals surface area contributed by atoms with Gasteiger partial charge in [-0.15, -0.1) is 0 Å². The Morgan fingerprint density at radius 2 is 1.92 bits per heavy atom. The fourth-order valence-electron chi connectivity index (χ4n) is 0.708. The van der Waals surface area contributed by atoms with Gasteiger partial charge < -0.3 is 5.73 Å². The first-order valence-electron chi connectivity index (χ1n) is 3.09. The van der Waals surface area contributed by atoms with Crippen molar-refractivity contribution in [1.82, 2.24) is 9.97 Å². The number of nitrogens with two attached hydrogens (primary N) is 1. The molecule has 4 nitrogen and oxygen atoms in total. The van der Waals surface area contributed by atoms with Gasteiger partial charge in [-0.05, 0) is 0 Å². The van der Waals surface area contributed by atoms with Crippen molar-refractivity contribution in [3.05, 3.63) is 22.2 Å². The molecule has 6 heteroatoms. The molecule has 0 fully saturated rings. The van der Waals surface area contributed by atoms with E-state index in [1.807, 2.05) is 0 Å². The van der Waals surface area contributed by atoms with E-state index in [4.69, 9.17) is 34.3 Å². The molecule has 1 aromatic heterocycles. The van der Waals surface area contributed by atoms with Gasteiger partial charge >= 0.3 is 0 Å². The Morgan fingerprint density at radius 1 is 1.42 bits per heavy atom. The third kappa shape index (κ3) is 2.06. The maximum Gasteiger partial charge on any atom is 0.137 e. The fourth-order valence-corrected chi connectivity index (χ4v) is 1.16. The molecule has 0 bridgehead atoms. The molecule has 0 saturated heterocycles. The highest BCUT2D eigenvalue weighted by molar-refractivity contribution is 6.34. The maximum atomic E-state index is 7.03. The first kappa shape index (κ1) is 9.22. The quantitative estimate of drug-likeness (QED) is 0.433. The Morgan fingerprint density at radius 3 is 2.33 bits per heavy atom. The van der Waals surface area contributed by atoms with E-state index in [9.17, 15) is 0 Å². The Bertz CT molecular complexity index is 292. The number of rotatable bonds is 2. The third-order valence-corrected chi connectivity index (χ3v) is 1.86. The number of halogens is 2. The summed E-state index contributed by atoms with van der Waals surface area (Å²) in [5.74, 6) is -0.0198. The average molecular weight is 205 g/mol. The zero-order chi connectivity index (χ0) is 9.14. The minimum Gasteiger partial charge on any atom is -0.387 e. The SMILES string of the molecule is N=C(N)Cc1c(Cl)ncnc1Cl. The van der Waals surface area contributed by atoms with Gasteiger partial charge in [-0.1, -0.05) is 23.2 Å². The molecule has 0 radical (unpaired) electrons. The normalized spacial score (nSPS) is 9.83. The predicted molar refractivity (Wildman–Crippen MR) is 47.7 cm³/mol. The van der Waals surface area contributed by atoms with Crippen LogP contribution in [0.1, 0.15) is 5.56 Å². The van der Waals surface area contributed by atoms with Crippen LogP contribution in [0.3, 0.4) is 0 Å². The number of nitrogens with one attached hydrogen (secondary N) is 1. The second-order valence-electron chi connectivity index (χ2n) is 2.14. The summed E-state index contributed by atoms with van der Waals surface area (Å²) < 4.78 is 0. The van der Waals surface area contributed by atoms with E-state index < -0.39 is 0 Å². The first-order valence-corrected chi connectivity index (χ1v) is 3.84. The number of nitrogens with zero attached hydrogens (tertiary/aromatic N) is 2. The van der Waals surface area contributed by atoms with Crippen molar-refractivity contribution in [3.8, 4) is 0 Å². The van der Waals surface area contributed by atoms with Gasteiger partial charge in [-0.3, -0.25) is 5.41 Å². The average Bonchev–Trinajstić information content (AvgIpc) is 1.97. The molecule has 0 spiro atoms. The molecule has 0 saturated carbocycles. The Hall–Kier alpha value is -0.870. The Kier molecular flexibility index (Phi) is 2.83. The summed E-state index contributed by atoms with van der Waals surface area (Å²) >= 11 is 11.4. The zero-order valence-corrected chi connectivity index (χ0v) is 7.52. The number of hydrogen-bond donors (Lipinski definition) is 2. The molecule has 1 rings (SSSR count). The van der Waals surface area contributed by atoms with E-state index in [0.29, 0.717) is 5.56 Å². The Balaban J connectivity index is 3.04. The van der Waals surface area contributed by atoms with Crippen molar-refractivity contribution >= 4 is 29.0 Å². The molecule has 3 N–H and O–H groups in total. The van der Waals surface area contributed by atoms with Gasteiger partial charge in [0.1, 0.15) is 16.6 Å². The number of amidine groups is 1. The number of aromatic nitrogens is 2. The van der Waals surface area contributed by atoms with Crippen LogP contribution in [0.25, 0.3) is 0 Å². The summed E-state index contributed by atoms with van der Waals surface area (Å²) in [4.78, 5) is 7.42. The molecule has 1 aromatic rings. The van der Waals surface area contributed by atoms with Crippen molar-refractivity contribution in [1.29, 1.82) is 5.41 Å². The summed E-state index contributed by atoms with van der Waals surface area (Å²) in [6.07, 6.45) is 1.44. The van der Waals surface area contributed by atoms with E-state index in [0.717, 1.165) is 0 Å². The molecule has 0 aliphatic carbocycles. The van der Waals surface area contributed by atoms with Gasteiger partial charge in [0.25, 0.3) is 0 Å². The molecule has 0 aliphatic heterocycles. The highest BCUT2D eigenvalue weighted by atomic mass is 35.5. The van der Waals surface area contributed by atoms with Gasteiger partial charge in [0, 0.05) is 12.0 Å². The lowest BCUT2D eigenvalue weighted by atomic mass is 10.2. The maximum absolute atomic E-state index is 7.03. The molecule has 12 heavy (non-hydrogen) atoms. The van der Waals surface area contributed by atoms with E-state index >= 15 is 0 Å². The van der Waals surface area contributed by atoms with Crippen molar-refractivity contribution in [2.75, 3.05) is 0 Å². The van der Waals surface area contributed by atoms with Crippen molar-refractivity contribution in [2.45, 2.75) is 6.42 Å². The molecular formula is C6H6Cl2N4. The van der Waals surface area contributed by atoms with Crippen molar-refractivity contribution in [3.63, 3.8) is 0 Å². The van der Waals surface area contributed by atoms with E-state index in [1.54, 1.807) is 0 Å². The van der Waals surface area contributed by atoms with Crippen LogP contribution in [-0.4, -0.2) is 15.8 Å². The van der Waals surface area contributed by atoms with E-state index in [-0.39, 0.29) is 22.6 Å². The lowest BCUT2D eigenvalue weighted by molar-refractivity contribution is 1.09. The van der Waals surface area contributed by atoms with Crippen LogP contribution < -0.4 is 5.73 Å². The van der Waals surface area contributed by atoms with Crippen LogP contribution in [0.2, 0.25) is 10.3 Å². The summed E-state index contributed by atoms with van der Waals surface area (Å²) in [5.41, 5.74) is 5.67. The second kappa shape index (κ2) is 3.69. The highest BCUT2D eigenvalue weighted by Gasteiger charge is 2.08. The van der Waals surface area contributed by atoms with Crippen LogP contribution in [-0.2, 0) is 6.42 Å². The second-order valence-corrected chi connectivity index (χ2v) is 2.85. The van der Waals surface area contributed by atoms with Gasteiger partial charge in [0.15, 0.2) is 0 Å². The van der Waals surface area contributed by atoms with Gasteiger partial charge in [0.2, 0.25) is 0 Å². The summed E-state index contributed by atoms with van der Waals surface area (Å²) in [7, 11) is 0. The van der Waals surface area contributed by atoms with Crippen molar-refractivity contribution in [2.24, 2.45) is 5.73 Å². The molecule has 64 valence electrons. The first-order chi connectivity index (χ1) is 5.61. The topological polar surface area (TPSA) is 75.7 Å². The molecule has 0 unspecified atom stereocenters. The fraction of sp³-hybridized carbons (Fsp3) is 0.167. The molecule has 1 heterocycles. The smallest absolute Gasteiger partial charge is 0.137 e. The standard InChI is InChI=1S/C6H6Cl2N4/c7-5-3(1-4(9)10)6(8)12-2-11-5/h2H,1H2,(H3,9,10). The minimum atomic E-state index is -0.0198. The Labute approximate surface area is 79.2 Å². The van der Waals surface area contributed by atoms with E-state index in [1.165, 1.54) is 6.33 Å². The zero-order valence-electron chi connectivity index (χ0n) is 6.01. The molecule has 0 aromatic carbocycles. The van der Waals surface area contributed by atoms with Crippen LogP contribution in [0.5, 0.6) is 0 Å².